The Hall–Kier alpha value is -4.23. The molecule has 5 aromatic rings. The van der Waals surface area contributed by atoms with Crippen molar-refractivity contribution in [3.05, 3.63) is 113 Å². The van der Waals surface area contributed by atoms with Gasteiger partial charge in [-0.05, 0) is 67.0 Å². The van der Waals surface area contributed by atoms with Crippen LogP contribution >= 0.6 is 0 Å². The molecule has 1 fully saturated rings. The summed E-state index contributed by atoms with van der Waals surface area (Å²) in [5.41, 5.74) is 5.13. The normalized spacial score (nSPS) is 17.6. The third-order valence-electron chi connectivity index (χ3n) is 7.87. The van der Waals surface area contributed by atoms with Gasteiger partial charge in [0, 0.05) is 31.2 Å². The summed E-state index contributed by atoms with van der Waals surface area (Å²) >= 11 is 0. The quantitative estimate of drug-likeness (QED) is 0.272. The number of aromatic amines is 1. The van der Waals surface area contributed by atoms with Gasteiger partial charge < -0.3 is 5.11 Å². The standard InChI is InChI=1S/C32H33N5O2/c38-28-17-13-26(14-18-28)29-19-33-30-31(34-29)37(32(39)35-30)22-25-11-15-27(16-12-25)36(20-23-7-3-1-4-8-23)21-24-9-5-2-6-10-24/h1-10,13-14,17-19,25,27,38H,11-12,15-16,20-22H2,(H,33,35,39). The number of aromatic nitrogens is 4. The van der Waals surface area contributed by atoms with E-state index in [1.807, 2.05) is 0 Å². The highest BCUT2D eigenvalue weighted by Gasteiger charge is 2.27. The first-order chi connectivity index (χ1) is 19.1. The number of nitrogens with zero attached hydrogens (tertiary/aromatic N) is 4. The number of phenols is 1. The molecule has 7 heteroatoms. The highest BCUT2D eigenvalue weighted by molar-refractivity contribution is 5.71. The van der Waals surface area contributed by atoms with Gasteiger partial charge in [-0.3, -0.25) is 14.5 Å². The lowest BCUT2D eigenvalue weighted by molar-refractivity contribution is 0.117. The first-order valence-corrected chi connectivity index (χ1v) is 13.7. The van der Waals surface area contributed by atoms with E-state index in [4.69, 9.17) is 4.98 Å². The minimum atomic E-state index is -0.162. The summed E-state index contributed by atoms with van der Waals surface area (Å²) < 4.78 is 1.75. The van der Waals surface area contributed by atoms with E-state index in [0.29, 0.717) is 35.5 Å². The Kier molecular flexibility index (Phi) is 7.23. The maximum Gasteiger partial charge on any atom is 0.328 e. The van der Waals surface area contributed by atoms with Crippen molar-refractivity contribution in [1.29, 1.82) is 0 Å². The van der Waals surface area contributed by atoms with Crippen molar-refractivity contribution in [2.45, 2.75) is 51.4 Å². The van der Waals surface area contributed by atoms with Crippen molar-refractivity contribution in [1.82, 2.24) is 24.4 Å². The summed E-state index contributed by atoms with van der Waals surface area (Å²) in [6, 6.07) is 28.8. The Balaban J connectivity index is 1.17. The van der Waals surface area contributed by atoms with Gasteiger partial charge in [-0.15, -0.1) is 0 Å². The lowest BCUT2D eigenvalue weighted by Crippen LogP contribution is -2.38. The SMILES string of the molecule is O=c1[nH]c2ncc(-c3ccc(O)cc3)nc2n1CC1CCC(N(Cc2ccccc2)Cc2ccccc2)CC1. The van der Waals surface area contributed by atoms with Gasteiger partial charge >= 0.3 is 5.69 Å². The van der Waals surface area contributed by atoms with E-state index in [9.17, 15) is 9.90 Å². The maximum atomic E-state index is 12.9. The van der Waals surface area contributed by atoms with Crippen LogP contribution in [0.2, 0.25) is 0 Å². The van der Waals surface area contributed by atoms with Gasteiger partial charge in [0.05, 0.1) is 11.9 Å². The third kappa shape index (κ3) is 5.78. The fourth-order valence-electron chi connectivity index (χ4n) is 5.76. The van der Waals surface area contributed by atoms with Crippen LogP contribution in [0.25, 0.3) is 22.6 Å². The molecule has 0 radical (unpaired) electrons. The summed E-state index contributed by atoms with van der Waals surface area (Å²) in [5, 5.41) is 9.62. The molecule has 0 saturated heterocycles. The van der Waals surface area contributed by atoms with Crippen molar-refractivity contribution in [2.75, 3.05) is 0 Å². The average molecular weight is 520 g/mol. The average Bonchev–Trinajstić information content (AvgIpc) is 3.28. The predicted molar refractivity (Wildman–Crippen MR) is 153 cm³/mol. The number of hydrogen-bond acceptors (Lipinski definition) is 5. The number of rotatable bonds is 8. The van der Waals surface area contributed by atoms with E-state index in [1.165, 1.54) is 11.1 Å². The van der Waals surface area contributed by atoms with E-state index in [2.05, 4.69) is 75.5 Å². The maximum absolute atomic E-state index is 12.9. The molecular formula is C32H33N5O2. The van der Waals surface area contributed by atoms with Crippen LogP contribution in [-0.4, -0.2) is 35.6 Å². The predicted octanol–water partition coefficient (Wildman–Crippen LogP) is 5.75. The number of nitrogens with one attached hydrogen (secondary N) is 1. The van der Waals surface area contributed by atoms with Gasteiger partial charge in [0.1, 0.15) is 5.75 Å². The van der Waals surface area contributed by atoms with E-state index in [0.717, 1.165) is 44.3 Å². The second-order valence-electron chi connectivity index (χ2n) is 10.6. The Morgan fingerprint density at radius 3 is 2.08 bits per heavy atom. The molecule has 7 nitrogen and oxygen atoms in total. The molecule has 2 heterocycles. The molecule has 1 aliphatic carbocycles. The highest BCUT2D eigenvalue weighted by Crippen LogP contribution is 2.31. The molecule has 0 atom stereocenters. The molecule has 0 aliphatic heterocycles. The lowest BCUT2D eigenvalue weighted by atomic mass is 9.85. The molecule has 2 N–H and O–H groups in total. The van der Waals surface area contributed by atoms with Gasteiger partial charge in [-0.25, -0.2) is 14.8 Å². The minimum absolute atomic E-state index is 0.162. The molecule has 0 spiro atoms. The van der Waals surface area contributed by atoms with Crippen LogP contribution in [-0.2, 0) is 19.6 Å². The first-order valence-electron chi connectivity index (χ1n) is 13.7. The summed E-state index contributed by atoms with van der Waals surface area (Å²) in [4.78, 5) is 27.6. The van der Waals surface area contributed by atoms with Crippen LogP contribution in [0.3, 0.4) is 0 Å². The zero-order valence-electron chi connectivity index (χ0n) is 21.9. The fourth-order valence-corrected chi connectivity index (χ4v) is 5.76. The molecule has 39 heavy (non-hydrogen) atoms. The number of hydrogen-bond donors (Lipinski definition) is 2. The second-order valence-corrected chi connectivity index (χ2v) is 10.6. The second kappa shape index (κ2) is 11.3. The largest absolute Gasteiger partial charge is 0.508 e. The molecule has 2 aromatic heterocycles. The number of phenolic OH excluding ortho intramolecular Hbond substituents is 1. The number of H-pyrrole nitrogens is 1. The number of fused-ring (bicyclic) bond motifs is 1. The lowest BCUT2D eigenvalue weighted by Gasteiger charge is -2.37. The molecule has 198 valence electrons. The Bertz CT molecular complexity index is 1530. The highest BCUT2D eigenvalue weighted by atomic mass is 16.3. The summed E-state index contributed by atoms with van der Waals surface area (Å²) in [7, 11) is 0. The van der Waals surface area contributed by atoms with Crippen molar-refractivity contribution >= 4 is 11.3 Å². The monoisotopic (exact) mass is 519 g/mol. The Labute approximate surface area is 227 Å². The van der Waals surface area contributed by atoms with Gasteiger partial charge in [0.2, 0.25) is 0 Å². The van der Waals surface area contributed by atoms with Crippen molar-refractivity contribution in [2.24, 2.45) is 5.92 Å². The number of imidazole rings is 1. The van der Waals surface area contributed by atoms with Crippen LogP contribution in [0.1, 0.15) is 36.8 Å². The molecular weight excluding hydrogens is 486 g/mol. The van der Waals surface area contributed by atoms with Crippen LogP contribution in [0.4, 0.5) is 0 Å². The Morgan fingerprint density at radius 2 is 1.46 bits per heavy atom. The van der Waals surface area contributed by atoms with Gasteiger partial charge in [-0.1, -0.05) is 60.7 Å². The smallest absolute Gasteiger partial charge is 0.328 e. The zero-order valence-corrected chi connectivity index (χ0v) is 21.9. The van der Waals surface area contributed by atoms with Crippen LogP contribution in [0.5, 0.6) is 5.75 Å². The topological polar surface area (TPSA) is 87.0 Å². The van der Waals surface area contributed by atoms with Crippen LogP contribution < -0.4 is 5.69 Å². The first kappa shape index (κ1) is 25.1. The van der Waals surface area contributed by atoms with Crippen LogP contribution in [0, 0.1) is 5.92 Å². The molecule has 0 unspecified atom stereocenters. The summed E-state index contributed by atoms with van der Waals surface area (Å²) in [6.45, 7) is 2.50. The summed E-state index contributed by atoms with van der Waals surface area (Å²) in [5.74, 6) is 0.612. The third-order valence-corrected chi connectivity index (χ3v) is 7.87. The molecule has 6 rings (SSSR count). The number of aromatic hydroxyl groups is 1. The molecule has 0 bridgehead atoms. The van der Waals surface area contributed by atoms with E-state index >= 15 is 0 Å². The van der Waals surface area contributed by atoms with E-state index in [-0.39, 0.29) is 11.4 Å². The Morgan fingerprint density at radius 1 is 0.846 bits per heavy atom. The molecule has 0 amide bonds. The van der Waals surface area contributed by atoms with Crippen molar-refractivity contribution in [3.63, 3.8) is 0 Å². The molecule has 1 saturated carbocycles. The molecule has 3 aromatic carbocycles. The van der Waals surface area contributed by atoms with Gasteiger partial charge in [0.25, 0.3) is 0 Å². The minimum Gasteiger partial charge on any atom is -0.508 e. The van der Waals surface area contributed by atoms with Crippen molar-refractivity contribution in [3.8, 4) is 17.0 Å². The summed E-state index contributed by atoms with van der Waals surface area (Å²) in [6.07, 6.45) is 6.00. The van der Waals surface area contributed by atoms with E-state index < -0.39 is 0 Å². The van der Waals surface area contributed by atoms with Crippen molar-refractivity contribution < 1.29 is 5.11 Å². The zero-order chi connectivity index (χ0) is 26.6. The molecule has 1 aliphatic rings. The fraction of sp³-hybridized carbons (Fsp3) is 0.281. The van der Waals surface area contributed by atoms with Gasteiger partial charge in [-0.2, -0.15) is 0 Å². The van der Waals surface area contributed by atoms with Crippen LogP contribution in [0.15, 0.2) is 95.9 Å². The van der Waals surface area contributed by atoms with Gasteiger partial charge in [0.15, 0.2) is 11.3 Å². The van der Waals surface area contributed by atoms with E-state index in [1.54, 1.807) is 35.0 Å². The number of benzene rings is 3.